The quantitative estimate of drug-likeness (QED) is 0.791. The van der Waals surface area contributed by atoms with Crippen molar-refractivity contribution >= 4 is 0 Å². The van der Waals surface area contributed by atoms with Crippen molar-refractivity contribution < 1.29 is 0 Å². The molecule has 1 aliphatic rings. The molecular weight excluding hydrogens is 232 g/mol. The van der Waals surface area contributed by atoms with E-state index in [9.17, 15) is 0 Å². The van der Waals surface area contributed by atoms with Gasteiger partial charge in [0, 0.05) is 25.7 Å². The Balaban J connectivity index is 1.63. The van der Waals surface area contributed by atoms with Gasteiger partial charge in [-0.3, -0.25) is 0 Å². The second kappa shape index (κ2) is 7.66. The number of hydrogen-bond acceptors (Lipinski definition) is 2. The fourth-order valence-electron chi connectivity index (χ4n) is 2.80. The second-order valence-corrected chi connectivity index (χ2v) is 6.05. The lowest BCUT2D eigenvalue weighted by Crippen LogP contribution is -2.52. The average molecular weight is 260 g/mol. The van der Waals surface area contributed by atoms with Gasteiger partial charge in [0.25, 0.3) is 0 Å². The molecule has 1 aromatic rings. The Labute approximate surface area is 118 Å². The molecule has 2 rings (SSSR count). The number of hydrogen-bond donors (Lipinski definition) is 1. The third kappa shape index (κ3) is 4.96. The molecule has 19 heavy (non-hydrogen) atoms. The van der Waals surface area contributed by atoms with E-state index in [4.69, 9.17) is 0 Å². The number of rotatable bonds is 6. The van der Waals surface area contributed by atoms with Gasteiger partial charge in [0.2, 0.25) is 0 Å². The Morgan fingerprint density at radius 2 is 2.00 bits per heavy atom. The van der Waals surface area contributed by atoms with Crippen LogP contribution < -0.4 is 5.32 Å². The highest BCUT2D eigenvalue weighted by Gasteiger charge is 2.20. The van der Waals surface area contributed by atoms with E-state index >= 15 is 0 Å². The molecule has 2 heteroatoms. The van der Waals surface area contributed by atoms with E-state index in [1.165, 1.54) is 44.5 Å². The van der Waals surface area contributed by atoms with Gasteiger partial charge in [-0.15, -0.1) is 0 Å². The van der Waals surface area contributed by atoms with Crippen molar-refractivity contribution in [2.24, 2.45) is 5.92 Å². The molecule has 1 saturated heterocycles. The van der Waals surface area contributed by atoms with E-state index in [-0.39, 0.29) is 0 Å². The van der Waals surface area contributed by atoms with E-state index < -0.39 is 0 Å². The summed E-state index contributed by atoms with van der Waals surface area (Å²) in [5.74, 6) is 0.743. The molecule has 1 aliphatic heterocycles. The number of nitrogens with zero attached hydrogens (tertiary/aromatic N) is 1. The van der Waals surface area contributed by atoms with Gasteiger partial charge in [0.05, 0.1) is 0 Å². The second-order valence-electron chi connectivity index (χ2n) is 6.05. The van der Waals surface area contributed by atoms with Crippen LogP contribution in [0.25, 0.3) is 0 Å². The van der Waals surface area contributed by atoms with Crippen LogP contribution >= 0.6 is 0 Å². The minimum Gasteiger partial charge on any atom is -0.311 e. The van der Waals surface area contributed by atoms with Crippen LogP contribution in [0.4, 0.5) is 0 Å². The van der Waals surface area contributed by atoms with Gasteiger partial charge < -0.3 is 10.2 Å². The van der Waals surface area contributed by atoms with Gasteiger partial charge in [-0.1, -0.05) is 44.2 Å². The minimum atomic E-state index is 0.683. The van der Waals surface area contributed by atoms with Crippen LogP contribution in [0.2, 0.25) is 0 Å². The molecule has 2 nitrogen and oxygen atoms in total. The first-order valence-electron chi connectivity index (χ1n) is 7.75. The van der Waals surface area contributed by atoms with Crippen molar-refractivity contribution in [3.05, 3.63) is 35.9 Å². The predicted octanol–water partition coefficient (Wildman–Crippen LogP) is 2.94. The Morgan fingerprint density at radius 3 is 2.74 bits per heavy atom. The van der Waals surface area contributed by atoms with Gasteiger partial charge in [-0.2, -0.15) is 0 Å². The molecule has 0 radical (unpaired) electrons. The Bertz CT molecular complexity index is 348. The summed E-state index contributed by atoms with van der Waals surface area (Å²) in [6.07, 6.45) is 3.85. The first kappa shape index (κ1) is 14.5. The molecule has 1 N–H and O–H groups in total. The van der Waals surface area contributed by atoms with E-state index in [2.05, 4.69) is 54.4 Å². The molecule has 1 fully saturated rings. The summed E-state index contributed by atoms with van der Waals surface area (Å²) in [7, 11) is 0. The summed E-state index contributed by atoms with van der Waals surface area (Å²) in [6.45, 7) is 9.49. The maximum Gasteiger partial charge on any atom is 0.0218 e. The highest BCUT2D eigenvalue weighted by atomic mass is 15.2. The maximum absolute atomic E-state index is 3.62. The van der Waals surface area contributed by atoms with Crippen molar-refractivity contribution in [1.29, 1.82) is 0 Å². The van der Waals surface area contributed by atoms with Crippen LogP contribution in [0.1, 0.15) is 32.3 Å². The summed E-state index contributed by atoms with van der Waals surface area (Å²) in [6, 6.07) is 11.5. The Morgan fingerprint density at radius 1 is 1.21 bits per heavy atom. The van der Waals surface area contributed by atoms with E-state index in [1.807, 2.05) is 0 Å². The molecule has 0 bridgehead atoms. The molecule has 0 aliphatic carbocycles. The number of nitrogens with one attached hydrogen (secondary N) is 1. The molecule has 1 aromatic carbocycles. The summed E-state index contributed by atoms with van der Waals surface area (Å²) < 4.78 is 0. The topological polar surface area (TPSA) is 15.3 Å². The fourth-order valence-corrected chi connectivity index (χ4v) is 2.80. The van der Waals surface area contributed by atoms with Gasteiger partial charge in [-0.25, -0.2) is 0 Å². The predicted molar refractivity (Wildman–Crippen MR) is 82.4 cm³/mol. The smallest absolute Gasteiger partial charge is 0.0218 e. The lowest BCUT2D eigenvalue weighted by atomic mass is 10.0. The Hall–Kier alpha value is -0.860. The van der Waals surface area contributed by atoms with Crippen LogP contribution in [-0.4, -0.2) is 37.1 Å². The lowest BCUT2D eigenvalue weighted by molar-refractivity contribution is 0.173. The molecule has 0 aromatic heterocycles. The monoisotopic (exact) mass is 260 g/mol. The van der Waals surface area contributed by atoms with E-state index in [1.54, 1.807) is 0 Å². The molecule has 0 amide bonds. The zero-order chi connectivity index (χ0) is 13.5. The van der Waals surface area contributed by atoms with Crippen LogP contribution in [0.15, 0.2) is 30.3 Å². The lowest BCUT2D eigenvalue weighted by Gasteiger charge is -2.35. The van der Waals surface area contributed by atoms with Crippen molar-refractivity contribution in [3.8, 4) is 0 Å². The molecule has 106 valence electrons. The van der Waals surface area contributed by atoms with Gasteiger partial charge in [0.1, 0.15) is 0 Å². The van der Waals surface area contributed by atoms with E-state index in [0.717, 1.165) is 12.5 Å². The summed E-state index contributed by atoms with van der Waals surface area (Å²) >= 11 is 0. The van der Waals surface area contributed by atoms with Crippen LogP contribution in [-0.2, 0) is 6.42 Å². The molecule has 1 unspecified atom stereocenters. The molecule has 1 heterocycles. The standard InChI is InChI=1S/C17H28N2/c1-15(2)17-14-19(13-11-18-17)12-7-6-10-16-8-4-3-5-9-16/h3-5,8-9,15,17-18H,6-7,10-14H2,1-2H3. The third-order valence-corrected chi connectivity index (χ3v) is 4.13. The van der Waals surface area contributed by atoms with Crippen molar-refractivity contribution in [2.75, 3.05) is 26.2 Å². The number of unbranched alkanes of at least 4 members (excludes halogenated alkanes) is 1. The first-order chi connectivity index (χ1) is 9.25. The Kier molecular flexibility index (Phi) is 5.87. The summed E-state index contributed by atoms with van der Waals surface area (Å²) in [5, 5.41) is 3.62. The van der Waals surface area contributed by atoms with Crippen LogP contribution in [0, 0.1) is 5.92 Å². The van der Waals surface area contributed by atoms with Crippen LogP contribution in [0.5, 0.6) is 0 Å². The van der Waals surface area contributed by atoms with E-state index in [0.29, 0.717) is 6.04 Å². The maximum atomic E-state index is 3.62. The molecule has 0 saturated carbocycles. The SMILES string of the molecule is CC(C)C1CN(CCCCc2ccccc2)CCN1. The third-order valence-electron chi connectivity index (χ3n) is 4.13. The number of benzene rings is 1. The summed E-state index contributed by atoms with van der Waals surface area (Å²) in [5.41, 5.74) is 1.47. The molecule has 1 atom stereocenters. The summed E-state index contributed by atoms with van der Waals surface area (Å²) in [4.78, 5) is 2.63. The highest BCUT2D eigenvalue weighted by Crippen LogP contribution is 2.10. The largest absolute Gasteiger partial charge is 0.311 e. The first-order valence-corrected chi connectivity index (χ1v) is 7.75. The van der Waals surface area contributed by atoms with Crippen molar-refractivity contribution in [2.45, 2.75) is 39.2 Å². The van der Waals surface area contributed by atoms with Crippen molar-refractivity contribution in [1.82, 2.24) is 10.2 Å². The molecular formula is C17H28N2. The highest BCUT2D eigenvalue weighted by molar-refractivity contribution is 5.14. The minimum absolute atomic E-state index is 0.683. The normalized spacial score (nSPS) is 20.9. The average Bonchev–Trinajstić information content (AvgIpc) is 2.45. The number of aryl methyl sites for hydroxylation is 1. The fraction of sp³-hybridized carbons (Fsp3) is 0.647. The zero-order valence-corrected chi connectivity index (χ0v) is 12.4. The number of piperazine rings is 1. The van der Waals surface area contributed by atoms with Gasteiger partial charge in [-0.05, 0) is 37.3 Å². The van der Waals surface area contributed by atoms with Crippen molar-refractivity contribution in [3.63, 3.8) is 0 Å². The zero-order valence-electron chi connectivity index (χ0n) is 12.4. The molecule has 0 spiro atoms. The van der Waals surface area contributed by atoms with Gasteiger partial charge >= 0.3 is 0 Å². The van der Waals surface area contributed by atoms with Gasteiger partial charge in [0.15, 0.2) is 0 Å². The van der Waals surface area contributed by atoms with Crippen LogP contribution in [0.3, 0.4) is 0 Å².